The molecule has 11 nitrogen and oxygen atoms in total. The van der Waals surface area contributed by atoms with Crippen molar-refractivity contribution in [3.05, 3.63) is 63.3 Å². The molecular formula is C14H14N8O3. The van der Waals surface area contributed by atoms with Crippen molar-refractivity contribution in [2.24, 2.45) is 7.05 Å². The molecule has 1 N–H and O–H groups in total. The smallest absolute Gasteiger partial charge is 0.271 e. The van der Waals surface area contributed by atoms with Gasteiger partial charge >= 0.3 is 0 Å². The first-order valence-corrected chi connectivity index (χ1v) is 7.30. The quantitative estimate of drug-likeness (QED) is 0.588. The van der Waals surface area contributed by atoms with Crippen molar-refractivity contribution in [1.29, 1.82) is 0 Å². The molecule has 0 aromatic carbocycles. The Morgan fingerprint density at radius 3 is 2.64 bits per heavy atom. The lowest BCUT2D eigenvalue weighted by molar-refractivity contribution is 0.0944. The van der Waals surface area contributed by atoms with Crippen LogP contribution in [0.5, 0.6) is 0 Å². The van der Waals surface area contributed by atoms with Gasteiger partial charge in [0.05, 0.1) is 6.54 Å². The van der Waals surface area contributed by atoms with Crippen molar-refractivity contribution in [3.8, 4) is 5.82 Å². The largest absolute Gasteiger partial charge is 0.349 e. The molecule has 11 heteroatoms. The Labute approximate surface area is 140 Å². The van der Waals surface area contributed by atoms with Gasteiger partial charge in [-0.25, -0.2) is 19.0 Å². The maximum atomic E-state index is 12.0. The molecule has 0 fully saturated rings. The summed E-state index contributed by atoms with van der Waals surface area (Å²) in [4.78, 5) is 39.0. The first kappa shape index (κ1) is 16.2. The molecule has 0 saturated carbocycles. The average Bonchev–Trinajstić information content (AvgIpc) is 3.13. The minimum Gasteiger partial charge on any atom is -0.349 e. The van der Waals surface area contributed by atoms with Crippen molar-refractivity contribution >= 4 is 5.91 Å². The third-order valence-electron chi connectivity index (χ3n) is 3.31. The lowest BCUT2D eigenvalue weighted by Gasteiger charge is -2.08. The second kappa shape index (κ2) is 6.86. The third kappa shape index (κ3) is 3.65. The first-order valence-electron chi connectivity index (χ1n) is 7.30. The molecule has 3 aromatic rings. The summed E-state index contributed by atoms with van der Waals surface area (Å²) in [5.74, 6) is -0.0146. The molecule has 0 bridgehead atoms. The van der Waals surface area contributed by atoms with Crippen LogP contribution in [0.15, 0.2) is 46.5 Å². The number of rotatable bonds is 5. The fourth-order valence-electron chi connectivity index (χ4n) is 2.04. The van der Waals surface area contributed by atoms with Gasteiger partial charge in [-0.05, 0) is 12.1 Å². The van der Waals surface area contributed by atoms with Crippen molar-refractivity contribution < 1.29 is 4.79 Å². The monoisotopic (exact) mass is 342 g/mol. The summed E-state index contributed by atoms with van der Waals surface area (Å²) in [6.45, 7) is 0.329. The van der Waals surface area contributed by atoms with Gasteiger partial charge in [-0.1, -0.05) is 0 Å². The Kier molecular flexibility index (Phi) is 4.46. The summed E-state index contributed by atoms with van der Waals surface area (Å²) >= 11 is 0. The number of aromatic nitrogens is 7. The molecule has 0 aliphatic heterocycles. The van der Waals surface area contributed by atoms with E-state index in [0.29, 0.717) is 5.82 Å². The van der Waals surface area contributed by atoms with Gasteiger partial charge < -0.3 is 5.32 Å². The van der Waals surface area contributed by atoms with E-state index in [2.05, 4.69) is 25.6 Å². The highest BCUT2D eigenvalue weighted by molar-refractivity contribution is 5.91. The van der Waals surface area contributed by atoms with E-state index in [1.807, 2.05) is 0 Å². The van der Waals surface area contributed by atoms with Crippen LogP contribution in [0.25, 0.3) is 5.82 Å². The number of aryl methyl sites for hydroxylation is 1. The standard InChI is InChI=1S/C14H14N8O3/c1-20-12(23)4-2-10(18-20)14(25)16-6-7-21-13(24)5-3-11(19-21)22-9-15-8-17-22/h2-5,8-9H,6-7H2,1H3,(H,16,25). The van der Waals surface area contributed by atoms with Gasteiger partial charge in [0.25, 0.3) is 17.0 Å². The zero-order chi connectivity index (χ0) is 17.8. The molecule has 3 heterocycles. The summed E-state index contributed by atoms with van der Waals surface area (Å²) in [6, 6.07) is 5.49. The Morgan fingerprint density at radius 2 is 1.92 bits per heavy atom. The molecular weight excluding hydrogens is 328 g/mol. The third-order valence-corrected chi connectivity index (χ3v) is 3.31. The molecule has 25 heavy (non-hydrogen) atoms. The molecule has 1 amide bonds. The summed E-state index contributed by atoms with van der Waals surface area (Å²) in [5.41, 5.74) is -0.505. The van der Waals surface area contributed by atoms with Crippen molar-refractivity contribution in [2.45, 2.75) is 6.54 Å². The molecule has 0 spiro atoms. The lowest BCUT2D eigenvalue weighted by Crippen LogP contribution is -2.33. The lowest BCUT2D eigenvalue weighted by atomic mass is 10.3. The van der Waals surface area contributed by atoms with Gasteiger partial charge in [0.1, 0.15) is 18.3 Å². The van der Waals surface area contributed by atoms with Crippen LogP contribution in [-0.4, -0.2) is 46.8 Å². The fraction of sp³-hybridized carbons (Fsp3) is 0.214. The zero-order valence-electron chi connectivity index (χ0n) is 13.2. The predicted octanol–water partition coefficient (Wildman–Crippen LogP) is -1.65. The average molecular weight is 342 g/mol. The number of hydrogen-bond donors (Lipinski definition) is 1. The highest BCUT2D eigenvalue weighted by atomic mass is 16.2. The van der Waals surface area contributed by atoms with Gasteiger partial charge in [-0.3, -0.25) is 14.4 Å². The van der Waals surface area contributed by atoms with E-state index in [4.69, 9.17) is 0 Å². The van der Waals surface area contributed by atoms with E-state index in [1.165, 1.54) is 53.3 Å². The maximum Gasteiger partial charge on any atom is 0.271 e. The summed E-state index contributed by atoms with van der Waals surface area (Å²) in [5, 5.41) is 14.6. The van der Waals surface area contributed by atoms with Crippen molar-refractivity contribution in [3.63, 3.8) is 0 Å². The van der Waals surface area contributed by atoms with E-state index in [9.17, 15) is 14.4 Å². The van der Waals surface area contributed by atoms with E-state index < -0.39 is 5.91 Å². The number of carbonyl (C=O) groups excluding carboxylic acids is 1. The number of nitrogens with one attached hydrogen (secondary N) is 1. The second-order valence-corrected chi connectivity index (χ2v) is 5.03. The van der Waals surface area contributed by atoms with E-state index >= 15 is 0 Å². The Bertz CT molecular complexity index is 1010. The van der Waals surface area contributed by atoms with Gasteiger partial charge in [-0.15, -0.1) is 5.10 Å². The molecule has 0 radical (unpaired) electrons. The summed E-state index contributed by atoms with van der Waals surface area (Å²) in [6.07, 6.45) is 2.82. The van der Waals surface area contributed by atoms with E-state index in [1.54, 1.807) is 0 Å². The van der Waals surface area contributed by atoms with Gasteiger partial charge in [0.15, 0.2) is 5.82 Å². The number of hydrogen-bond acceptors (Lipinski definition) is 7. The van der Waals surface area contributed by atoms with Gasteiger partial charge in [-0.2, -0.15) is 10.2 Å². The van der Waals surface area contributed by atoms with Crippen molar-refractivity contribution in [2.75, 3.05) is 6.54 Å². The van der Waals surface area contributed by atoms with Crippen LogP contribution in [0.4, 0.5) is 0 Å². The summed E-state index contributed by atoms with van der Waals surface area (Å²) < 4.78 is 3.71. The minimum atomic E-state index is -0.448. The summed E-state index contributed by atoms with van der Waals surface area (Å²) in [7, 11) is 1.46. The Hall–Kier alpha value is -3.63. The maximum absolute atomic E-state index is 12.0. The normalized spacial score (nSPS) is 10.6. The van der Waals surface area contributed by atoms with Crippen LogP contribution in [0, 0.1) is 0 Å². The van der Waals surface area contributed by atoms with E-state index in [-0.39, 0.29) is 29.9 Å². The van der Waals surface area contributed by atoms with Crippen LogP contribution in [0.2, 0.25) is 0 Å². The molecule has 0 unspecified atom stereocenters. The molecule has 0 atom stereocenters. The second-order valence-electron chi connectivity index (χ2n) is 5.03. The molecule has 3 rings (SSSR count). The highest BCUT2D eigenvalue weighted by Gasteiger charge is 2.09. The fourth-order valence-corrected chi connectivity index (χ4v) is 2.04. The molecule has 3 aromatic heterocycles. The molecule has 0 saturated heterocycles. The van der Waals surface area contributed by atoms with E-state index in [0.717, 1.165) is 4.68 Å². The number of carbonyl (C=O) groups is 1. The number of nitrogens with zero attached hydrogens (tertiary/aromatic N) is 7. The molecule has 0 aliphatic rings. The van der Waals surface area contributed by atoms with Crippen LogP contribution >= 0.6 is 0 Å². The Morgan fingerprint density at radius 1 is 1.12 bits per heavy atom. The van der Waals surface area contributed by atoms with Crippen LogP contribution in [0.3, 0.4) is 0 Å². The topological polar surface area (TPSA) is 130 Å². The molecule has 0 aliphatic carbocycles. The minimum absolute atomic E-state index is 0.110. The SMILES string of the molecule is Cn1nc(C(=O)NCCn2nc(-n3cncn3)ccc2=O)ccc1=O. The van der Waals surface area contributed by atoms with Gasteiger partial charge in [0, 0.05) is 25.7 Å². The highest BCUT2D eigenvalue weighted by Crippen LogP contribution is 1.96. The molecule has 128 valence electrons. The zero-order valence-corrected chi connectivity index (χ0v) is 13.2. The number of amides is 1. The van der Waals surface area contributed by atoms with Crippen LogP contribution in [-0.2, 0) is 13.6 Å². The van der Waals surface area contributed by atoms with Crippen LogP contribution < -0.4 is 16.4 Å². The van der Waals surface area contributed by atoms with Crippen LogP contribution in [0.1, 0.15) is 10.5 Å². The van der Waals surface area contributed by atoms with Gasteiger partial charge in [0.2, 0.25) is 0 Å². The van der Waals surface area contributed by atoms with Crippen molar-refractivity contribution in [1.82, 2.24) is 39.6 Å². The Balaban J connectivity index is 1.66. The first-order chi connectivity index (χ1) is 12.0. The predicted molar refractivity (Wildman–Crippen MR) is 85.2 cm³/mol.